The van der Waals surface area contributed by atoms with E-state index in [2.05, 4.69) is 11.4 Å². The van der Waals surface area contributed by atoms with E-state index >= 15 is 0 Å². The number of primary amides is 1. The topological polar surface area (TPSA) is 64.4 Å². The van der Waals surface area contributed by atoms with E-state index < -0.39 is 17.5 Å². The van der Waals surface area contributed by atoms with Crippen molar-refractivity contribution in [2.24, 2.45) is 5.73 Å². The Morgan fingerprint density at radius 2 is 2.00 bits per heavy atom. The second kappa shape index (κ2) is 7.44. The molecule has 0 fully saturated rings. The van der Waals surface area contributed by atoms with E-state index in [1.54, 1.807) is 12.1 Å². The second-order valence-electron chi connectivity index (χ2n) is 5.79. The summed E-state index contributed by atoms with van der Waals surface area (Å²) >= 11 is 0. The number of carbonyl (C=O) groups is 1. The zero-order valence-corrected chi connectivity index (χ0v) is 13.5. The van der Waals surface area contributed by atoms with Crippen LogP contribution in [0.2, 0.25) is 0 Å². The van der Waals surface area contributed by atoms with Crippen molar-refractivity contribution in [2.45, 2.75) is 13.0 Å². The fraction of sp³-hybridized carbons (Fsp3) is 0.211. The third-order valence-electron chi connectivity index (χ3n) is 4.09. The Morgan fingerprint density at radius 1 is 1.16 bits per heavy atom. The van der Waals surface area contributed by atoms with Crippen LogP contribution in [0.5, 0.6) is 5.75 Å². The van der Waals surface area contributed by atoms with Gasteiger partial charge in [0.1, 0.15) is 12.4 Å². The van der Waals surface area contributed by atoms with Crippen LogP contribution in [-0.2, 0) is 6.61 Å². The van der Waals surface area contributed by atoms with Gasteiger partial charge in [0.2, 0.25) is 5.91 Å². The average molecular weight is 344 g/mol. The first-order valence-corrected chi connectivity index (χ1v) is 7.95. The van der Waals surface area contributed by atoms with Gasteiger partial charge in [-0.25, -0.2) is 8.78 Å². The van der Waals surface area contributed by atoms with Gasteiger partial charge < -0.3 is 15.8 Å². The Bertz CT molecular complexity index is 834. The second-order valence-corrected chi connectivity index (χ2v) is 5.79. The number of carbonyl (C=O) groups excluding carboxylic acids is 1. The maximum atomic E-state index is 14.0. The van der Waals surface area contributed by atoms with Crippen LogP contribution in [-0.4, -0.2) is 19.0 Å². The molecule has 0 saturated heterocycles. The van der Waals surface area contributed by atoms with Crippen LogP contribution in [0.25, 0.3) is 5.57 Å². The number of nitrogens with one attached hydrogen (secondary N) is 1. The van der Waals surface area contributed by atoms with Crippen molar-refractivity contribution in [1.82, 2.24) is 5.32 Å². The van der Waals surface area contributed by atoms with Crippen LogP contribution in [0.4, 0.5) is 8.78 Å². The summed E-state index contributed by atoms with van der Waals surface area (Å²) in [6.45, 7) is 1.50. The Morgan fingerprint density at radius 3 is 2.68 bits per heavy atom. The van der Waals surface area contributed by atoms with E-state index in [1.165, 1.54) is 18.2 Å². The molecule has 2 aromatic carbocycles. The number of ether oxygens (including phenoxy) is 1. The lowest BCUT2D eigenvalue weighted by atomic mass is 10.00. The number of nitrogens with two attached hydrogens (primary N) is 1. The monoisotopic (exact) mass is 344 g/mol. The van der Waals surface area contributed by atoms with Crippen LogP contribution in [0.3, 0.4) is 0 Å². The van der Waals surface area contributed by atoms with Crippen LogP contribution < -0.4 is 15.8 Å². The van der Waals surface area contributed by atoms with E-state index in [-0.39, 0.29) is 23.5 Å². The molecule has 1 aliphatic heterocycles. The van der Waals surface area contributed by atoms with Crippen LogP contribution >= 0.6 is 0 Å². The Kier molecular flexibility index (Phi) is 5.09. The number of hydrogen-bond donors (Lipinski definition) is 2. The summed E-state index contributed by atoms with van der Waals surface area (Å²) in [5.74, 6) is -1.77. The fourth-order valence-electron chi connectivity index (χ4n) is 2.67. The minimum Gasteiger partial charge on any atom is -0.486 e. The van der Waals surface area contributed by atoms with Crippen molar-refractivity contribution in [3.63, 3.8) is 0 Å². The number of hydrogen-bond acceptors (Lipinski definition) is 3. The van der Waals surface area contributed by atoms with Crippen molar-refractivity contribution in [3.05, 3.63) is 70.8 Å². The van der Waals surface area contributed by atoms with Crippen molar-refractivity contribution < 1.29 is 18.3 Å². The minimum absolute atomic E-state index is 0.0651. The predicted molar refractivity (Wildman–Crippen MR) is 91.1 cm³/mol. The maximum Gasteiger partial charge on any atom is 0.248 e. The fourth-order valence-corrected chi connectivity index (χ4v) is 2.67. The van der Waals surface area contributed by atoms with Crippen molar-refractivity contribution >= 4 is 11.5 Å². The lowest BCUT2D eigenvalue weighted by Crippen LogP contribution is -2.20. The highest BCUT2D eigenvalue weighted by Gasteiger charge is 2.12. The first-order chi connectivity index (χ1) is 12.0. The number of benzene rings is 2. The Labute approximate surface area is 144 Å². The highest BCUT2D eigenvalue weighted by atomic mass is 19.1. The molecule has 0 atom stereocenters. The van der Waals surface area contributed by atoms with Gasteiger partial charge in [-0.3, -0.25) is 4.79 Å². The van der Waals surface area contributed by atoms with Crippen LogP contribution in [0.1, 0.15) is 27.9 Å². The van der Waals surface area contributed by atoms with Crippen LogP contribution in [0.15, 0.2) is 42.5 Å². The lowest BCUT2D eigenvalue weighted by Gasteiger charge is -2.16. The summed E-state index contributed by atoms with van der Waals surface area (Å²) in [5.41, 5.74) is 7.42. The third kappa shape index (κ3) is 4.03. The molecule has 4 nitrogen and oxygen atoms in total. The number of amides is 1. The highest BCUT2D eigenvalue weighted by molar-refractivity contribution is 5.92. The highest BCUT2D eigenvalue weighted by Crippen LogP contribution is 2.27. The van der Waals surface area contributed by atoms with E-state index in [0.717, 1.165) is 36.7 Å². The summed E-state index contributed by atoms with van der Waals surface area (Å²) in [6, 6.07) is 8.56. The molecule has 0 bridgehead atoms. The summed E-state index contributed by atoms with van der Waals surface area (Å²) in [5, 5.41) is 3.22. The zero-order valence-electron chi connectivity index (χ0n) is 13.5. The molecule has 130 valence electrons. The Hall–Kier alpha value is -2.73. The lowest BCUT2D eigenvalue weighted by molar-refractivity contribution is 0.0999. The zero-order chi connectivity index (χ0) is 17.8. The van der Waals surface area contributed by atoms with Crippen LogP contribution in [0, 0.1) is 11.6 Å². The van der Waals surface area contributed by atoms with Gasteiger partial charge in [-0.1, -0.05) is 18.2 Å². The molecule has 0 aliphatic carbocycles. The molecule has 1 amide bonds. The quantitative estimate of drug-likeness (QED) is 0.876. The Balaban J connectivity index is 1.77. The largest absolute Gasteiger partial charge is 0.486 e. The number of halogens is 2. The molecule has 0 saturated carbocycles. The molecule has 3 rings (SSSR count). The summed E-state index contributed by atoms with van der Waals surface area (Å²) < 4.78 is 33.4. The first kappa shape index (κ1) is 17.1. The van der Waals surface area contributed by atoms with Gasteiger partial charge in [-0.15, -0.1) is 0 Å². The van der Waals surface area contributed by atoms with Gasteiger partial charge in [-0.2, -0.15) is 0 Å². The molecule has 1 heterocycles. The predicted octanol–water partition coefficient (Wildman–Crippen LogP) is 3.02. The molecule has 3 N–H and O–H groups in total. The molecule has 1 aliphatic rings. The van der Waals surface area contributed by atoms with Gasteiger partial charge in [-0.05, 0) is 48.4 Å². The molecule has 0 unspecified atom stereocenters. The van der Waals surface area contributed by atoms with E-state index in [4.69, 9.17) is 10.5 Å². The molecule has 0 radical (unpaired) electrons. The minimum atomic E-state index is -0.708. The normalized spacial score (nSPS) is 14.1. The molecular weight excluding hydrogens is 326 g/mol. The first-order valence-electron chi connectivity index (χ1n) is 7.95. The molecule has 0 aromatic heterocycles. The van der Waals surface area contributed by atoms with Gasteiger partial charge >= 0.3 is 0 Å². The van der Waals surface area contributed by atoms with Gasteiger partial charge in [0, 0.05) is 17.7 Å². The SMILES string of the molecule is NC(=O)c1ccc(COc2cc(C3=CCNCC3)ccc2F)c(F)c1. The van der Waals surface area contributed by atoms with Crippen molar-refractivity contribution in [2.75, 3.05) is 13.1 Å². The third-order valence-corrected chi connectivity index (χ3v) is 4.09. The smallest absolute Gasteiger partial charge is 0.248 e. The molecule has 25 heavy (non-hydrogen) atoms. The van der Waals surface area contributed by atoms with E-state index in [0.29, 0.717) is 0 Å². The molecular formula is C19H18F2N2O2. The van der Waals surface area contributed by atoms with Crippen molar-refractivity contribution in [1.29, 1.82) is 0 Å². The maximum absolute atomic E-state index is 14.0. The van der Waals surface area contributed by atoms with Crippen molar-refractivity contribution in [3.8, 4) is 5.75 Å². The summed E-state index contributed by atoms with van der Waals surface area (Å²) in [7, 11) is 0. The standard InChI is InChI=1S/C19H18F2N2O2/c20-16-4-3-13(12-5-7-23-8-6-12)10-18(16)25-11-15-2-1-14(19(22)24)9-17(15)21/h1-5,9-10,23H,6-8,11H2,(H2,22,24). The average Bonchev–Trinajstić information content (AvgIpc) is 2.62. The molecule has 0 spiro atoms. The van der Waals surface area contributed by atoms with E-state index in [9.17, 15) is 13.6 Å². The molecule has 6 heteroatoms. The summed E-state index contributed by atoms with van der Waals surface area (Å²) in [6.07, 6.45) is 2.91. The molecule has 2 aromatic rings. The summed E-state index contributed by atoms with van der Waals surface area (Å²) in [4.78, 5) is 11.0. The van der Waals surface area contributed by atoms with Gasteiger partial charge in [0.15, 0.2) is 11.6 Å². The number of rotatable bonds is 5. The van der Waals surface area contributed by atoms with Gasteiger partial charge in [0.05, 0.1) is 0 Å². The van der Waals surface area contributed by atoms with Gasteiger partial charge in [0.25, 0.3) is 0 Å². The van der Waals surface area contributed by atoms with E-state index in [1.807, 2.05) is 0 Å².